The maximum Gasteiger partial charge on any atom is 0.303 e. The van der Waals surface area contributed by atoms with Crippen LogP contribution in [-0.2, 0) is 9.59 Å². The molecular weight excluding hydrogens is 232 g/mol. The average molecular weight is 256 g/mol. The number of likely N-dealkylation sites (tertiary alicyclic amines) is 1. The summed E-state index contributed by atoms with van der Waals surface area (Å²) in [5.74, 6) is -0.554. The van der Waals surface area contributed by atoms with E-state index in [1.165, 1.54) is 0 Å². The number of hydrogen-bond donors (Lipinski definition) is 1. The van der Waals surface area contributed by atoms with E-state index in [2.05, 4.69) is 25.8 Å². The SMILES string of the molecule is CN(C[C@H]1CCN(C)C1(C)C)C(=O)CCC(=O)O. The zero-order chi connectivity index (χ0) is 13.9. The van der Waals surface area contributed by atoms with Crippen molar-refractivity contribution in [3.8, 4) is 0 Å². The molecule has 5 heteroatoms. The molecule has 0 aromatic heterocycles. The van der Waals surface area contributed by atoms with Gasteiger partial charge in [0.1, 0.15) is 0 Å². The summed E-state index contributed by atoms with van der Waals surface area (Å²) in [5.41, 5.74) is 0.0985. The Kier molecular flexibility index (Phi) is 4.73. The van der Waals surface area contributed by atoms with Crippen molar-refractivity contribution in [2.24, 2.45) is 5.92 Å². The van der Waals surface area contributed by atoms with E-state index in [0.717, 1.165) is 13.0 Å². The van der Waals surface area contributed by atoms with Crippen molar-refractivity contribution in [1.29, 1.82) is 0 Å². The number of aliphatic carboxylic acids is 1. The third kappa shape index (κ3) is 3.45. The maximum absolute atomic E-state index is 11.8. The van der Waals surface area contributed by atoms with Crippen LogP contribution in [0.1, 0.15) is 33.1 Å². The fourth-order valence-electron chi connectivity index (χ4n) is 2.45. The summed E-state index contributed by atoms with van der Waals surface area (Å²) in [6, 6.07) is 0. The van der Waals surface area contributed by atoms with Gasteiger partial charge in [-0.1, -0.05) is 0 Å². The van der Waals surface area contributed by atoms with Crippen molar-refractivity contribution in [1.82, 2.24) is 9.80 Å². The number of hydrogen-bond acceptors (Lipinski definition) is 3. The first-order valence-electron chi connectivity index (χ1n) is 6.42. The van der Waals surface area contributed by atoms with Crippen LogP contribution < -0.4 is 0 Å². The topological polar surface area (TPSA) is 60.9 Å². The molecule has 0 aromatic carbocycles. The number of carboxylic acid groups (broad SMARTS) is 1. The summed E-state index contributed by atoms with van der Waals surface area (Å²) in [6.45, 7) is 6.14. The monoisotopic (exact) mass is 256 g/mol. The minimum absolute atomic E-state index is 0.0808. The quantitative estimate of drug-likeness (QED) is 0.798. The van der Waals surface area contributed by atoms with Gasteiger partial charge in [-0.2, -0.15) is 0 Å². The Balaban J connectivity index is 2.47. The molecule has 1 fully saturated rings. The molecule has 1 amide bonds. The predicted octanol–water partition coefficient (Wildman–Crippen LogP) is 1.04. The van der Waals surface area contributed by atoms with Gasteiger partial charge in [-0.05, 0) is 39.8 Å². The third-order valence-corrected chi connectivity index (χ3v) is 4.27. The Morgan fingerprint density at radius 3 is 2.44 bits per heavy atom. The Labute approximate surface area is 109 Å². The Hall–Kier alpha value is -1.10. The molecule has 1 rings (SSSR count). The molecular formula is C13H24N2O3. The lowest BCUT2D eigenvalue weighted by molar-refractivity contribution is -0.140. The molecule has 0 aromatic rings. The van der Waals surface area contributed by atoms with E-state index in [1.807, 2.05) is 0 Å². The summed E-state index contributed by atoms with van der Waals surface area (Å²) >= 11 is 0. The minimum Gasteiger partial charge on any atom is -0.481 e. The highest BCUT2D eigenvalue weighted by Gasteiger charge is 2.39. The van der Waals surface area contributed by atoms with E-state index in [0.29, 0.717) is 12.5 Å². The summed E-state index contributed by atoms with van der Waals surface area (Å²) in [4.78, 5) is 26.2. The largest absolute Gasteiger partial charge is 0.481 e. The van der Waals surface area contributed by atoms with Crippen LogP contribution in [0.4, 0.5) is 0 Å². The van der Waals surface area contributed by atoms with Crippen molar-refractivity contribution >= 4 is 11.9 Å². The lowest BCUT2D eigenvalue weighted by Gasteiger charge is -2.35. The normalized spacial score (nSPS) is 23.0. The number of carbonyl (C=O) groups excluding carboxylic acids is 1. The van der Waals surface area contributed by atoms with Gasteiger partial charge in [-0.15, -0.1) is 0 Å². The summed E-state index contributed by atoms with van der Waals surface area (Å²) < 4.78 is 0. The lowest BCUT2D eigenvalue weighted by Crippen LogP contribution is -2.44. The van der Waals surface area contributed by atoms with Gasteiger partial charge in [0.15, 0.2) is 0 Å². The highest BCUT2D eigenvalue weighted by molar-refractivity contribution is 5.80. The fourth-order valence-corrected chi connectivity index (χ4v) is 2.45. The summed E-state index contributed by atoms with van der Waals surface area (Å²) in [7, 11) is 3.87. The molecule has 0 bridgehead atoms. The van der Waals surface area contributed by atoms with Crippen LogP contribution in [0.2, 0.25) is 0 Å². The van der Waals surface area contributed by atoms with E-state index >= 15 is 0 Å². The van der Waals surface area contributed by atoms with Gasteiger partial charge in [0.25, 0.3) is 0 Å². The molecule has 1 saturated heterocycles. The average Bonchev–Trinajstić information content (AvgIpc) is 2.52. The number of nitrogens with zero attached hydrogens (tertiary/aromatic N) is 2. The maximum atomic E-state index is 11.8. The standard InChI is InChI=1S/C13H24N2O3/c1-13(2)10(7-8-15(13)4)9-14(3)11(16)5-6-12(17)18/h10H,5-9H2,1-4H3,(H,17,18)/t10-/m1/s1. The lowest BCUT2D eigenvalue weighted by atomic mass is 9.88. The van der Waals surface area contributed by atoms with Crippen molar-refractivity contribution < 1.29 is 14.7 Å². The highest BCUT2D eigenvalue weighted by Crippen LogP contribution is 2.33. The van der Waals surface area contributed by atoms with Crippen molar-refractivity contribution in [3.63, 3.8) is 0 Å². The number of rotatable bonds is 5. The van der Waals surface area contributed by atoms with Gasteiger partial charge < -0.3 is 14.9 Å². The Morgan fingerprint density at radius 1 is 1.39 bits per heavy atom. The zero-order valence-corrected chi connectivity index (χ0v) is 11.8. The van der Waals surface area contributed by atoms with Crippen LogP contribution in [0.15, 0.2) is 0 Å². The van der Waals surface area contributed by atoms with Crippen LogP contribution in [0, 0.1) is 5.92 Å². The van der Waals surface area contributed by atoms with Crippen LogP contribution in [0.5, 0.6) is 0 Å². The molecule has 5 nitrogen and oxygen atoms in total. The van der Waals surface area contributed by atoms with Crippen molar-refractivity contribution in [3.05, 3.63) is 0 Å². The molecule has 1 N–H and O–H groups in total. The second-order valence-corrected chi connectivity index (χ2v) is 5.73. The van der Waals surface area contributed by atoms with E-state index in [4.69, 9.17) is 5.11 Å². The van der Waals surface area contributed by atoms with Gasteiger partial charge in [0.2, 0.25) is 5.91 Å². The van der Waals surface area contributed by atoms with Gasteiger partial charge in [-0.3, -0.25) is 9.59 Å². The van der Waals surface area contributed by atoms with E-state index in [1.54, 1.807) is 11.9 Å². The summed E-state index contributed by atoms with van der Waals surface area (Å²) in [5, 5.41) is 8.57. The molecule has 1 aliphatic heterocycles. The molecule has 1 atom stereocenters. The second kappa shape index (κ2) is 5.69. The Morgan fingerprint density at radius 2 is 2.00 bits per heavy atom. The predicted molar refractivity (Wildman–Crippen MR) is 69.3 cm³/mol. The smallest absolute Gasteiger partial charge is 0.303 e. The minimum atomic E-state index is -0.919. The number of amides is 1. The highest BCUT2D eigenvalue weighted by atomic mass is 16.4. The fraction of sp³-hybridized carbons (Fsp3) is 0.846. The third-order valence-electron chi connectivity index (χ3n) is 4.27. The van der Waals surface area contributed by atoms with Gasteiger partial charge >= 0.3 is 5.97 Å². The van der Waals surface area contributed by atoms with E-state index in [-0.39, 0.29) is 24.3 Å². The molecule has 18 heavy (non-hydrogen) atoms. The van der Waals surface area contributed by atoms with E-state index in [9.17, 15) is 9.59 Å². The molecule has 0 aliphatic carbocycles. The second-order valence-electron chi connectivity index (χ2n) is 5.73. The van der Waals surface area contributed by atoms with Crippen LogP contribution in [-0.4, -0.2) is 59.5 Å². The number of carbonyl (C=O) groups is 2. The van der Waals surface area contributed by atoms with Crippen LogP contribution in [0.25, 0.3) is 0 Å². The molecule has 1 heterocycles. The van der Waals surface area contributed by atoms with Crippen molar-refractivity contribution in [2.45, 2.75) is 38.6 Å². The number of carboxylic acids is 1. The van der Waals surface area contributed by atoms with Gasteiger partial charge in [0, 0.05) is 25.6 Å². The molecule has 0 radical (unpaired) electrons. The van der Waals surface area contributed by atoms with E-state index < -0.39 is 5.97 Å². The zero-order valence-electron chi connectivity index (χ0n) is 11.8. The molecule has 0 unspecified atom stereocenters. The Bertz CT molecular complexity index is 328. The molecule has 104 valence electrons. The first-order valence-corrected chi connectivity index (χ1v) is 6.42. The molecule has 0 spiro atoms. The van der Waals surface area contributed by atoms with Gasteiger partial charge in [-0.25, -0.2) is 0 Å². The molecule has 1 aliphatic rings. The van der Waals surface area contributed by atoms with Gasteiger partial charge in [0.05, 0.1) is 6.42 Å². The summed E-state index contributed by atoms with van der Waals surface area (Å²) in [6.07, 6.45) is 1.09. The van der Waals surface area contributed by atoms with Crippen LogP contribution >= 0.6 is 0 Å². The first kappa shape index (κ1) is 15.0. The molecule has 0 saturated carbocycles. The van der Waals surface area contributed by atoms with Crippen molar-refractivity contribution in [2.75, 3.05) is 27.2 Å². The first-order chi connectivity index (χ1) is 8.25. The van der Waals surface area contributed by atoms with Crippen LogP contribution in [0.3, 0.4) is 0 Å².